The van der Waals surface area contributed by atoms with Crippen LogP contribution in [0.4, 0.5) is 5.69 Å². The lowest BCUT2D eigenvalue weighted by Gasteiger charge is -2.30. The molecule has 1 aliphatic carbocycles. The fourth-order valence-corrected chi connectivity index (χ4v) is 4.68. The van der Waals surface area contributed by atoms with E-state index in [-0.39, 0.29) is 17.9 Å². The van der Waals surface area contributed by atoms with E-state index >= 15 is 0 Å². The Morgan fingerprint density at radius 2 is 2.03 bits per heavy atom. The van der Waals surface area contributed by atoms with E-state index in [9.17, 15) is 9.59 Å². The highest BCUT2D eigenvalue weighted by Crippen LogP contribution is 2.37. The quantitative estimate of drug-likeness (QED) is 0.656. The van der Waals surface area contributed by atoms with Crippen LogP contribution in [-0.4, -0.2) is 43.5 Å². The summed E-state index contributed by atoms with van der Waals surface area (Å²) in [4.78, 5) is 32.5. The number of rotatable bonds is 5. The van der Waals surface area contributed by atoms with E-state index < -0.39 is 0 Å². The minimum absolute atomic E-state index is 0.0604. The summed E-state index contributed by atoms with van der Waals surface area (Å²) in [5.74, 6) is 0.237. The topological polar surface area (TPSA) is 88.8 Å². The maximum absolute atomic E-state index is 13.2. The van der Waals surface area contributed by atoms with Gasteiger partial charge < -0.3 is 15.0 Å². The van der Waals surface area contributed by atoms with Gasteiger partial charge in [-0.05, 0) is 50.5 Å². The Labute approximate surface area is 186 Å². The highest BCUT2D eigenvalue weighted by Gasteiger charge is 2.34. The summed E-state index contributed by atoms with van der Waals surface area (Å²) in [6, 6.07) is 5.71. The molecular weight excluding hydrogens is 406 g/mol. The molecule has 2 aliphatic rings. The van der Waals surface area contributed by atoms with Crippen LogP contribution in [0.1, 0.15) is 72.2 Å². The van der Waals surface area contributed by atoms with Gasteiger partial charge in [-0.1, -0.05) is 19.3 Å². The molecule has 3 aromatic rings. The van der Waals surface area contributed by atoms with Crippen LogP contribution in [-0.2, 0) is 6.54 Å². The zero-order chi connectivity index (χ0) is 22.2. The highest BCUT2D eigenvalue weighted by molar-refractivity contribution is 6.09. The Balaban J connectivity index is 1.46. The third-order valence-corrected chi connectivity index (χ3v) is 6.19. The smallest absolute Gasteiger partial charge is 0.261 e. The van der Waals surface area contributed by atoms with Gasteiger partial charge in [0.15, 0.2) is 5.65 Å². The van der Waals surface area contributed by atoms with Crippen molar-refractivity contribution in [3.63, 3.8) is 0 Å². The van der Waals surface area contributed by atoms with Crippen LogP contribution in [0.25, 0.3) is 5.65 Å². The van der Waals surface area contributed by atoms with E-state index in [0.29, 0.717) is 40.8 Å². The standard InChI is InChI=1S/C24H27N5O3/c1-15(2)32-21-12-18-16(14-28(24(18)31)17-7-4-3-5-8-17)11-20(21)27-23(30)19-13-26-29-10-6-9-25-22(19)29/h6,9-13,15,17H,3-5,7-8,14H2,1-2H3,(H,27,30). The second-order valence-electron chi connectivity index (χ2n) is 8.80. The van der Waals surface area contributed by atoms with Gasteiger partial charge in [-0.15, -0.1) is 0 Å². The van der Waals surface area contributed by atoms with Gasteiger partial charge >= 0.3 is 0 Å². The summed E-state index contributed by atoms with van der Waals surface area (Å²) in [7, 11) is 0. The molecule has 0 atom stereocenters. The molecule has 8 heteroatoms. The molecule has 2 aromatic heterocycles. The van der Waals surface area contributed by atoms with E-state index in [0.717, 1.165) is 18.4 Å². The van der Waals surface area contributed by atoms with Crippen molar-refractivity contribution in [2.24, 2.45) is 0 Å². The third-order valence-electron chi connectivity index (χ3n) is 6.19. The van der Waals surface area contributed by atoms with Crippen molar-refractivity contribution in [3.05, 3.63) is 53.5 Å². The summed E-state index contributed by atoms with van der Waals surface area (Å²) in [6.07, 6.45) is 10.5. The Kier molecular flexibility index (Phi) is 5.28. The first kappa shape index (κ1) is 20.5. The first-order valence-corrected chi connectivity index (χ1v) is 11.3. The van der Waals surface area contributed by atoms with Gasteiger partial charge in [-0.25, -0.2) is 9.50 Å². The fraction of sp³-hybridized carbons (Fsp3) is 0.417. The molecule has 0 bridgehead atoms. The number of hydrogen-bond donors (Lipinski definition) is 1. The number of nitrogens with zero attached hydrogens (tertiary/aromatic N) is 4. The third kappa shape index (κ3) is 3.70. The van der Waals surface area contributed by atoms with Crippen molar-refractivity contribution in [1.29, 1.82) is 0 Å². The molecule has 0 unspecified atom stereocenters. The lowest BCUT2D eigenvalue weighted by atomic mass is 9.94. The summed E-state index contributed by atoms with van der Waals surface area (Å²) >= 11 is 0. The highest BCUT2D eigenvalue weighted by atomic mass is 16.5. The van der Waals surface area contributed by atoms with Crippen molar-refractivity contribution in [1.82, 2.24) is 19.5 Å². The zero-order valence-corrected chi connectivity index (χ0v) is 18.4. The van der Waals surface area contributed by atoms with Gasteiger partial charge in [-0.2, -0.15) is 5.10 Å². The first-order valence-electron chi connectivity index (χ1n) is 11.3. The molecule has 0 saturated heterocycles. The number of amides is 2. The molecule has 32 heavy (non-hydrogen) atoms. The normalized spacial score (nSPS) is 16.6. The molecule has 0 spiro atoms. The first-order chi connectivity index (χ1) is 15.5. The number of carbonyl (C=O) groups is 2. The maximum Gasteiger partial charge on any atom is 0.261 e. The monoisotopic (exact) mass is 433 g/mol. The van der Waals surface area contributed by atoms with Gasteiger partial charge in [0.1, 0.15) is 11.3 Å². The van der Waals surface area contributed by atoms with Crippen LogP contribution in [0.3, 0.4) is 0 Å². The minimum Gasteiger partial charge on any atom is -0.489 e. The van der Waals surface area contributed by atoms with E-state index in [2.05, 4.69) is 15.4 Å². The molecule has 3 heterocycles. The van der Waals surface area contributed by atoms with E-state index in [1.165, 1.54) is 25.5 Å². The molecule has 1 aromatic carbocycles. The molecule has 1 aliphatic heterocycles. The van der Waals surface area contributed by atoms with Crippen LogP contribution in [0, 0.1) is 0 Å². The second kappa shape index (κ2) is 8.26. The SMILES string of the molecule is CC(C)Oc1cc2c(cc1NC(=O)c1cnn3cccnc13)CN(C1CCCCC1)C2=O. The van der Waals surface area contributed by atoms with Crippen molar-refractivity contribution < 1.29 is 14.3 Å². The van der Waals surface area contributed by atoms with Gasteiger partial charge in [0.25, 0.3) is 11.8 Å². The number of hydrogen-bond acceptors (Lipinski definition) is 5. The van der Waals surface area contributed by atoms with Crippen molar-refractivity contribution in [2.75, 3.05) is 5.32 Å². The number of carbonyl (C=O) groups excluding carboxylic acids is 2. The second-order valence-corrected chi connectivity index (χ2v) is 8.80. The largest absolute Gasteiger partial charge is 0.489 e. The average molecular weight is 434 g/mol. The molecule has 1 N–H and O–H groups in total. The van der Waals surface area contributed by atoms with Crippen LogP contribution in [0.15, 0.2) is 36.8 Å². The fourth-order valence-electron chi connectivity index (χ4n) is 4.68. The van der Waals surface area contributed by atoms with Gasteiger partial charge in [0.2, 0.25) is 0 Å². The molecule has 1 fully saturated rings. The minimum atomic E-state index is -0.319. The van der Waals surface area contributed by atoms with Crippen LogP contribution in [0.5, 0.6) is 5.75 Å². The summed E-state index contributed by atoms with van der Waals surface area (Å²) < 4.78 is 7.54. The molecule has 8 nitrogen and oxygen atoms in total. The number of anilines is 1. The van der Waals surface area contributed by atoms with Crippen LogP contribution >= 0.6 is 0 Å². The number of fused-ring (bicyclic) bond motifs is 2. The van der Waals surface area contributed by atoms with E-state index in [1.807, 2.05) is 24.8 Å². The number of ether oxygens (including phenoxy) is 1. The van der Waals surface area contributed by atoms with Crippen molar-refractivity contribution in [2.45, 2.75) is 64.6 Å². The molecule has 5 rings (SSSR count). The molecule has 1 saturated carbocycles. The predicted octanol–water partition coefficient (Wildman–Crippen LogP) is 4.06. The predicted molar refractivity (Wildman–Crippen MR) is 120 cm³/mol. The number of aromatic nitrogens is 3. The summed E-state index contributed by atoms with van der Waals surface area (Å²) in [5.41, 5.74) is 3.00. The Bertz CT molecular complexity index is 1180. The van der Waals surface area contributed by atoms with Crippen molar-refractivity contribution >= 4 is 23.1 Å². The van der Waals surface area contributed by atoms with Gasteiger partial charge in [0.05, 0.1) is 18.0 Å². The number of nitrogens with one attached hydrogen (secondary N) is 1. The van der Waals surface area contributed by atoms with Crippen LogP contribution < -0.4 is 10.1 Å². The lowest BCUT2D eigenvalue weighted by Crippen LogP contribution is -2.36. The maximum atomic E-state index is 13.2. The molecular formula is C24H27N5O3. The molecule has 0 radical (unpaired) electrons. The average Bonchev–Trinajstić information content (AvgIpc) is 3.36. The summed E-state index contributed by atoms with van der Waals surface area (Å²) in [5, 5.41) is 7.15. The lowest BCUT2D eigenvalue weighted by molar-refractivity contribution is 0.0659. The van der Waals surface area contributed by atoms with Gasteiger partial charge in [-0.3, -0.25) is 9.59 Å². The summed E-state index contributed by atoms with van der Waals surface area (Å²) in [6.45, 7) is 4.41. The molecule has 2 amide bonds. The Morgan fingerprint density at radius 1 is 1.22 bits per heavy atom. The van der Waals surface area contributed by atoms with E-state index in [4.69, 9.17) is 4.74 Å². The Hall–Kier alpha value is -3.42. The Morgan fingerprint density at radius 3 is 2.81 bits per heavy atom. The molecule has 166 valence electrons. The van der Waals surface area contributed by atoms with Crippen molar-refractivity contribution in [3.8, 4) is 5.75 Å². The van der Waals surface area contributed by atoms with Gasteiger partial charge in [0, 0.05) is 30.5 Å². The zero-order valence-electron chi connectivity index (χ0n) is 18.4. The van der Waals surface area contributed by atoms with E-state index in [1.54, 1.807) is 29.0 Å². The van der Waals surface area contributed by atoms with Crippen LogP contribution in [0.2, 0.25) is 0 Å². The number of benzene rings is 1.